The van der Waals surface area contributed by atoms with Gasteiger partial charge in [0.15, 0.2) is 0 Å². The molecule has 0 aromatic heterocycles. The van der Waals surface area contributed by atoms with Crippen LogP contribution in [0.2, 0.25) is 0 Å². The summed E-state index contributed by atoms with van der Waals surface area (Å²) in [6.07, 6.45) is 0.973. The van der Waals surface area contributed by atoms with Gasteiger partial charge in [0, 0.05) is 5.38 Å². The molecule has 0 fully saturated rings. The van der Waals surface area contributed by atoms with Gasteiger partial charge < -0.3 is 4.74 Å². The molecule has 1 nitrogen and oxygen atoms in total. The van der Waals surface area contributed by atoms with Crippen LogP contribution in [0.1, 0.15) is 42.9 Å². The van der Waals surface area contributed by atoms with Crippen molar-refractivity contribution in [2.24, 2.45) is 0 Å². The zero-order chi connectivity index (χ0) is 12.3. The van der Waals surface area contributed by atoms with Crippen molar-refractivity contribution in [3.63, 3.8) is 0 Å². The molecule has 0 bridgehead atoms. The lowest BCUT2D eigenvalue weighted by Crippen LogP contribution is -2.04. The molecule has 90 valence electrons. The van der Waals surface area contributed by atoms with Gasteiger partial charge in [0.25, 0.3) is 0 Å². The van der Waals surface area contributed by atoms with Gasteiger partial charge >= 0.3 is 0 Å². The van der Waals surface area contributed by atoms with E-state index in [4.69, 9.17) is 16.3 Å². The highest BCUT2D eigenvalue weighted by molar-refractivity contribution is 6.20. The molecular formula is C14H21ClO. The molecule has 1 aromatic carbocycles. The number of alkyl halides is 1. The molecule has 1 rings (SSSR count). The summed E-state index contributed by atoms with van der Waals surface area (Å²) in [7, 11) is 1.74. The number of methoxy groups -OCH3 is 1. The maximum absolute atomic E-state index is 6.05. The number of hydrogen-bond acceptors (Lipinski definition) is 1. The summed E-state index contributed by atoms with van der Waals surface area (Å²) in [5, 5.41) is 0.196. The maximum atomic E-state index is 6.05. The summed E-state index contributed by atoms with van der Waals surface area (Å²) < 4.78 is 5.52. The van der Waals surface area contributed by atoms with Crippen molar-refractivity contribution >= 4 is 11.6 Å². The standard InChI is InChI=1S/C14H21ClO/c1-9-6-7-13(10(2)8-11(3)15)14(16-5)12(9)4/h6-7,10-11H,8H2,1-5H3. The molecule has 16 heavy (non-hydrogen) atoms. The molecule has 2 heteroatoms. The summed E-state index contributed by atoms with van der Waals surface area (Å²) in [5.74, 6) is 1.45. The van der Waals surface area contributed by atoms with Gasteiger partial charge in [0.1, 0.15) is 5.75 Å². The molecule has 0 amide bonds. The van der Waals surface area contributed by atoms with Crippen LogP contribution in [0, 0.1) is 13.8 Å². The predicted octanol–water partition coefficient (Wildman–Crippen LogP) is 4.43. The highest BCUT2D eigenvalue weighted by atomic mass is 35.5. The van der Waals surface area contributed by atoms with E-state index in [1.54, 1.807) is 7.11 Å². The van der Waals surface area contributed by atoms with Gasteiger partial charge in [-0.1, -0.05) is 19.1 Å². The fourth-order valence-electron chi connectivity index (χ4n) is 2.08. The van der Waals surface area contributed by atoms with Gasteiger partial charge in [-0.3, -0.25) is 0 Å². The van der Waals surface area contributed by atoms with Crippen molar-refractivity contribution < 1.29 is 4.74 Å². The van der Waals surface area contributed by atoms with Crippen LogP contribution in [0.25, 0.3) is 0 Å². The van der Waals surface area contributed by atoms with Crippen molar-refractivity contribution in [3.8, 4) is 5.75 Å². The maximum Gasteiger partial charge on any atom is 0.125 e. The van der Waals surface area contributed by atoms with Crippen molar-refractivity contribution in [1.29, 1.82) is 0 Å². The third-order valence-corrected chi connectivity index (χ3v) is 3.30. The Morgan fingerprint density at radius 2 is 1.88 bits per heavy atom. The molecule has 2 unspecified atom stereocenters. The van der Waals surface area contributed by atoms with Crippen LogP contribution in [-0.4, -0.2) is 12.5 Å². The third-order valence-electron chi connectivity index (χ3n) is 3.12. The summed E-state index contributed by atoms with van der Waals surface area (Å²) in [6.45, 7) is 8.45. The molecule has 0 aliphatic carbocycles. The first kappa shape index (κ1) is 13.4. The number of aryl methyl sites for hydroxylation is 1. The molecule has 0 aliphatic heterocycles. The highest BCUT2D eigenvalue weighted by Gasteiger charge is 2.16. The fourth-order valence-corrected chi connectivity index (χ4v) is 2.35. The van der Waals surface area contributed by atoms with Crippen LogP contribution < -0.4 is 4.74 Å². The van der Waals surface area contributed by atoms with Crippen molar-refractivity contribution in [2.75, 3.05) is 7.11 Å². The van der Waals surface area contributed by atoms with Gasteiger partial charge in [-0.25, -0.2) is 0 Å². The van der Waals surface area contributed by atoms with Crippen molar-refractivity contribution in [3.05, 3.63) is 28.8 Å². The Hall–Kier alpha value is -0.690. The van der Waals surface area contributed by atoms with E-state index >= 15 is 0 Å². The Labute approximate surface area is 104 Å². The molecule has 0 saturated carbocycles. The van der Waals surface area contributed by atoms with E-state index < -0.39 is 0 Å². The van der Waals surface area contributed by atoms with Gasteiger partial charge in [0.2, 0.25) is 0 Å². The van der Waals surface area contributed by atoms with Gasteiger partial charge in [-0.2, -0.15) is 0 Å². The SMILES string of the molecule is COc1c(C(C)CC(C)Cl)ccc(C)c1C. The van der Waals surface area contributed by atoms with Crippen molar-refractivity contribution in [1.82, 2.24) is 0 Å². The summed E-state index contributed by atoms with van der Waals surface area (Å²) in [4.78, 5) is 0. The number of benzene rings is 1. The second kappa shape index (κ2) is 5.58. The normalized spacial score (nSPS) is 14.6. The first-order valence-corrected chi connectivity index (χ1v) is 6.19. The minimum absolute atomic E-state index is 0.196. The number of hydrogen-bond donors (Lipinski definition) is 0. The van der Waals surface area contributed by atoms with Gasteiger partial charge in [-0.05, 0) is 49.8 Å². The second-order valence-corrected chi connectivity index (χ2v) is 5.29. The number of ether oxygens (including phenoxy) is 1. The lowest BCUT2D eigenvalue weighted by atomic mass is 9.92. The third kappa shape index (κ3) is 2.91. The van der Waals surface area contributed by atoms with E-state index in [-0.39, 0.29) is 5.38 Å². The topological polar surface area (TPSA) is 9.23 Å². The van der Waals surface area contributed by atoms with Crippen LogP contribution in [-0.2, 0) is 0 Å². The molecule has 0 radical (unpaired) electrons. The van der Waals surface area contributed by atoms with Crippen molar-refractivity contribution in [2.45, 2.75) is 45.4 Å². The number of rotatable bonds is 4. The van der Waals surface area contributed by atoms with E-state index in [0.717, 1.165) is 12.2 Å². The summed E-state index contributed by atoms with van der Waals surface area (Å²) in [5.41, 5.74) is 3.76. The lowest BCUT2D eigenvalue weighted by molar-refractivity contribution is 0.401. The minimum atomic E-state index is 0.196. The summed E-state index contributed by atoms with van der Waals surface area (Å²) in [6, 6.07) is 4.31. The molecule has 1 aromatic rings. The molecular weight excluding hydrogens is 220 g/mol. The average Bonchev–Trinajstić information content (AvgIpc) is 2.20. The zero-order valence-corrected chi connectivity index (χ0v) is 11.6. The Bertz CT molecular complexity index is 358. The lowest BCUT2D eigenvalue weighted by Gasteiger charge is -2.19. The molecule has 2 atom stereocenters. The second-order valence-electron chi connectivity index (χ2n) is 4.55. The van der Waals surface area contributed by atoms with Crippen LogP contribution in [0.5, 0.6) is 5.75 Å². The van der Waals surface area contributed by atoms with E-state index in [0.29, 0.717) is 5.92 Å². The Balaban J connectivity index is 3.08. The Morgan fingerprint density at radius 1 is 1.25 bits per heavy atom. The molecule has 0 aliphatic rings. The summed E-state index contributed by atoms with van der Waals surface area (Å²) >= 11 is 6.05. The minimum Gasteiger partial charge on any atom is -0.496 e. The van der Waals surface area contributed by atoms with Crippen LogP contribution in [0.4, 0.5) is 0 Å². The monoisotopic (exact) mass is 240 g/mol. The average molecular weight is 241 g/mol. The van der Waals surface area contributed by atoms with Gasteiger partial charge in [-0.15, -0.1) is 11.6 Å². The van der Waals surface area contributed by atoms with Crippen LogP contribution in [0.3, 0.4) is 0 Å². The number of halogens is 1. The van der Waals surface area contributed by atoms with E-state index in [2.05, 4.69) is 32.9 Å². The van der Waals surface area contributed by atoms with Crippen LogP contribution in [0.15, 0.2) is 12.1 Å². The Morgan fingerprint density at radius 3 is 2.38 bits per heavy atom. The predicted molar refractivity (Wildman–Crippen MR) is 70.8 cm³/mol. The molecule has 0 spiro atoms. The smallest absolute Gasteiger partial charge is 0.125 e. The highest BCUT2D eigenvalue weighted by Crippen LogP contribution is 2.34. The van der Waals surface area contributed by atoms with E-state index in [9.17, 15) is 0 Å². The molecule has 0 heterocycles. The molecule has 0 N–H and O–H groups in total. The van der Waals surface area contributed by atoms with E-state index in [1.807, 2.05) is 6.92 Å². The van der Waals surface area contributed by atoms with Gasteiger partial charge in [0.05, 0.1) is 7.11 Å². The Kier molecular flexibility index (Phi) is 4.67. The zero-order valence-electron chi connectivity index (χ0n) is 10.8. The fraction of sp³-hybridized carbons (Fsp3) is 0.571. The first-order chi connectivity index (χ1) is 7.47. The van der Waals surface area contributed by atoms with Crippen LogP contribution >= 0.6 is 11.6 Å². The van der Waals surface area contributed by atoms with E-state index in [1.165, 1.54) is 16.7 Å². The largest absolute Gasteiger partial charge is 0.496 e. The quantitative estimate of drug-likeness (QED) is 0.708. The molecule has 0 saturated heterocycles. The first-order valence-electron chi connectivity index (χ1n) is 5.75.